The van der Waals surface area contributed by atoms with Crippen LogP contribution in [0.25, 0.3) is 0 Å². The molecule has 0 unspecified atom stereocenters. The number of carbonyl (C=O) groups excluding carboxylic acids is 1. The standard InChI is InChI=1S/C15H17N3O4/c19-15-14(16-7-9-22-10-8-16)5-2-6-17(15)12-3-1-4-13(11-12)18(20)21/h1,3-5,11H,2,6-10H2. The molecule has 7 nitrogen and oxygen atoms in total. The number of anilines is 1. The zero-order valence-corrected chi connectivity index (χ0v) is 12.1. The maximum atomic E-state index is 12.7. The van der Waals surface area contributed by atoms with Crippen molar-refractivity contribution in [2.24, 2.45) is 0 Å². The van der Waals surface area contributed by atoms with E-state index >= 15 is 0 Å². The summed E-state index contributed by atoms with van der Waals surface area (Å²) in [6.07, 6.45) is 2.68. The summed E-state index contributed by atoms with van der Waals surface area (Å²) in [7, 11) is 0. The second-order valence-electron chi connectivity index (χ2n) is 5.21. The Morgan fingerprint density at radius 3 is 2.68 bits per heavy atom. The lowest BCUT2D eigenvalue weighted by Crippen LogP contribution is -2.45. The van der Waals surface area contributed by atoms with Gasteiger partial charge in [0, 0.05) is 31.8 Å². The topological polar surface area (TPSA) is 75.9 Å². The van der Waals surface area contributed by atoms with Crippen LogP contribution in [0.2, 0.25) is 0 Å². The van der Waals surface area contributed by atoms with Gasteiger partial charge in [-0.1, -0.05) is 12.1 Å². The normalized spacial score (nSPS) is 19.1. The molecule has 0 atom stereocenters. The number of hydrogen-bond acceptors (Lipinski definition) is 5. The molecule has 116 valence electrons. The molecule has 0 aliphatic carbocycles. The van der Waals surface area contributed by atoms with E-state index in [9.17, 15) is 14.9 Å². The van der Waals surface area contributed by atoms with Crippen molar-refractivity contribution in [1.82, 2.24) is 4.90 Å². The van der Waals surface area contributed by atoms with Gasteiger partial charge in [-0.3, -0.25) is 14.9 Å². The van der Waals surface area contributed by atoms with Gasteiger partial charge in [0.25, 0.3) is 11.6 Å². The molecule has 2 aliphatic rings. The first kappa shape index (κ1) is 14.5. The van der Waals surface area contributed by atoms with Crippen molar-refractivity contribution in [3.63, 3.8) is 0 Å². The van der Waals surface area contributed by atoms with E-state index < -0.39 is 4.92 Å². The molecule has 2 heterocycles. The van der Waals surface area contributed by atoms with Crippen molar-refractivity contribution < 1.29 is 14.5 Å². The van der Waals surface area contributed by atoms with Crippen molar-refractivity contribution in [1.29, 1.82) is 0 Å². The Morgan fingerprint density at radius 2 is 1.95 bits per heavy atom. The molecule has 22 heavy (non-hydrogen) atoms. The Hall–Kier alpha value is -2.41. The second-order valence-corrected chi connectivity index (χ2v) is 5.21. The summed E-state index contributed by atoms with van der Waals surface area (Å²) < 4.78 is 5.31. The molecule has 1 saturated heterocycles. The van der Waals surface area contributed by atoms with E-state index in [2.05, 4.69) is 0 Å². The van der Waals surface area contributed by atoms with Crippen LogP contribution in [0.3, 0.4) is 0 Å². The van der Waals surface area contributed by atoms with Gasteiger partial charge in [-0.2, -0.15) is 0 Å². The highest BCUT2D eigenvalue weighted by molar-refractivity contribution is 6.06. The highest BCUT2D eigenvalue weighted by Gasteiger charge is 2.28. The molecule has 0 spiro atoms. The molecule has 0 N–H and O–H groups in total. The van der Waals surface area contributed by atoms with Crippen molar-refractivity contribution >= 4 is 17.3 Å². The Kier molecular flexibility index (Phi) is 4.06. The van der Waals surface area contributed by atoms with E-state index in [1.807, 2.05) is 11.0 Å². The third-order valence-electron chi connectivity index (χ3n) is 3.86. The minimum atomic E-state index is -0.448. The van der Waals surface area contributed by atoms with Gasteiger partial charge in [-0.15, -0.1) is 0 Å². The molecule has 3 rings (SSSR count). The summed E-state index contributed by atoms with van der Waals surface area (Å²) in [6, 6.07) is 6.21. The molecular formula is C15H17N3O4. The smallest absolute Gasteiger partial charge is 0.274 e. The number of morpholine rings is 1. The quantitative estimate of drug-likeness (QED) is 0.625. The van der Waals surface area contributed by atoms with E-state index in [1.165, 1.54) is 12.1 Å². The lowest BCUT2D eigenvalue weighted by atomic mass is 10.1. The number of non-ortho nitro benzene ring substituents is 1. The van der Waals surface area contributed by atoms with Crippen molar-refractivity contribution in [2.75, 3.05) is 37.7 Å². The third-order valence-corrected chi connectivity index (χ3v) is 3.86. The van der Waals surface area contributed by atoms with Gasteiger partial charge in [0.2, 0.25) is 0 Å². The lowest BCUT2D eigenvalue weighted by molar-refractivity contribution is -0.384. The third kappa shape index (κ3) is 2.80. The minimum Gasteiger partial charge on any atom is -0.378 e. The van der Waals surface area contributed by atoms with Crippen molar-refractivity contribution in [3.05, 3.63) is 46.2 Å². The maximum Gasteiger partial charge on any atom is 0.274 e. The number of hydrogen-bond donors (Lipinski definition) is 0. The molecule has 1 amide bonds. The molecular weight excluding hydrogens is 286 g/mol. The molecule has 0 saturated carbocycles. The van der Waals surface area contributed by atoms with Crippen LogP contribution in [0, 0.1) is 10.1 Å². The first-order valence-electron chi connectivity index (χ1n) is 7.26. The second kappa shape index (κ2) is 6.15. The molecule has 7 heteroatoms. The van der Waals surface area contributed by atoms with Crippen LogP contribution in [-0.4, -0.2) is 48.6 Å². The Labute approximate surface area is 127 Å². The maximum absolute atomic E-state index is 12.7. The molecule has 1 aromatic rings. The fraction of sp³-hybridized carbons (Fsp3) is 0.400. The lowest BCUT2D eigenvalue weighted by Gasteiger charge is -2.35. The molecule has 1 aromatic carbocycles. The van der Waals surface area contributed by atoms with Crippen LogP contribution in [0.4, 0.5) is 11.4 Å². The van der Waals surface area contributed by atoms with Gasteiger partial charge >= 0.3 is 0 Å². The predicted octanol–water partition coefficient (Wildman–Crippen LogP) is 1.55. The monoisotopic (exact) mass is 303 g/mol. The van der Waals surface area contributed by atoms with E-state index in [1.54, 1.807) is 17.0 Å². The summed E-state index contributed by atoms with van der Waals surface area (Å²) in [5.74, 6) is -0.103. The summed E-state index contributed by atoms with van der Waals surface area (Å²) in [4.78, 5) is 26.8. The number of nitro benzene ring substituents is 1. The zero-order chi connectivity index (χ0) is 15.5. The number of amides is 1. The fourth-order valence-corrected chi connectivity index (χ4v) is 2.75. The molecule has 0 radical (unpaired) electrons. The van der Waals surface area contributed by atoms with Crippen LogP contribution >= 0.6 is 0 Å². The van der Waals surface area contributed by atoms with E-state index in [0.717, 1.165) is 6.42 Å². The van der Waals surface area contributed by atoms with E-state index in [4.69, 9.17) is 4.74 Å². The summed E-state index contributed by atoms with van der Waals surface area (Å²) in [5, 5.41) is 10.9. The highest BCUT2D eigenvalue weighted by atomic mass is 16.6. The van der Waals surface area contributed by atoms with Crippen molar-refractivity contribution in [3.8, 4) is 0 Å². The molecule has 2 aliphatic heterocycles. The van der Waals surface area contributed by atoms with Crippen molar-refractivity contribution in [2.45, 2.75) is 6.42 Å². The minimum absolute atomic E-state index is 0.00669. The molecule has 1 fully saturated rings. The van der Waals surface area contributed by atoms with Crippen LogP contribution in [0.15, 0.2) is 36.0 Å². The molecule has 0 aromatic heterocycles. The van der Waals surface area contributed by atoms with Crippen LogP contribution in [-0.2, 0) is 9.53 Å². The highest BCUT2D eigenvalue weighted by Crippen LogP contribution is 2.26. The first-order chi connectivity index (χ1) is 10.7. The first-order valence-corrected chi connectivity index (χ1v) is 7.26. The summed E-state index contributed by atoms with van der Waals surface area (Å²) in [5.41, 5.74) is 1.23. The predicted molar refractivity (Wildman–Crippen MR) is 80.5 cm³/mol. The number of carbonyl (C=O) groups is 1. The molecule has 0 bridgehead atoms. The number of ether oxygens (including phenoxy) is 1. The van der Waals surface area contributed by atoms with Crippen LogP contribution in [0.5, 0.6) is 0 Å². The SMILES string of the molecule is O=C1C(N2CCOCC2)=CCCN1c1cccc([N+](=O)[O-])c1. The van der Waals surface area contributed by atoms with Gasteiger partial charge in [-0.05, 0) is 12.5 Å². The largest absolute Gasteiger partial charge is 0.378 e. The van der Waals surface area contributed by atoms with Gasteiger partial charge < -0.3 is 14.5 Å². The van der Waals surface area contributed by atoms with Gasteiger partial charge in [0.15, 0.2) is 0 Å². The summed E-state index contributed by atoms with van der Waals surface area (Å²) in [6.45, 7) is 3.15. The van der Waals surface area contributed by atoms with E-state index in [-0.39, 0.29) is 11.6 Å². The average Bonchev–Trinajstić information content (AvgIpc) is 2.56. The van der Waals surface area contributed by atoms with Crippen LogP contribution in [0.1, 0.15) is 6.42 Å². The number of nitro groups is 1. The number of nitrogens with zero attached hydrogens (tertiary/aromatic N) is 3. The van der Waals surface area contributed by atoms with E-state index in [0.29, 0.717) is 44.2 Å². The Balaban J connectivity index is 1.83. The Morgan fingerprint density at radius 1 is 1.18 bits per heavy atom. The summed E-state index contributed by atoms with van der Waals surface area (Å²) >= 11 is 0. The number of benzene rings is 1. The fourth-order valence-electron chi connectivity index (χ4n) is 2.75. The number of rotatable bonds is 3. The Bertz CT molecular complexity index is 623. The van der Waals surface area contributed by atoms with Gasteiger partial charge in [0.1, 0.15) is 0 Å². The van der Waals surface area contributed by atoms with Gasteiger partial charge in [-0.25, -0.2) is 0 Å². The zero-order valence-electron chi connectivity index (χ0n) is 12.1. The average molecular weight is 303 g/mol. The van der Waals surface area contributed by atoms with Crippen LogP contribution < -0.4 is 4.90 Å². The van der Waals surface area contributed by atoms with Gasteiger partial charge in [0.05, 0.1) is 29.5 Å².